The lowest BCUT2D eigenvalue weighted by atomic mass is 10.3. The molecule has 6 heteroatoms. The number of hydrogen-bond acceptors (Lipinski definition) is 5. The zero-order valence-corrected chi connectivity index (χ0v) is 8.18. The summed E-state index contributed by atoms with van der Waals surface area (Å²) >= 11 is 0. The maximum atomic E-state index is 11.6. The molecule has 4 N–H and O–H groups in total. The van der Waals surface area contributed by atoms with Gasteiger partial charge in [-0.2, -0.15) is 0 Å². The molecule has 0 saturated heterocycles. The summed E-state index contributed by atoms with van der Waals surface area (Å²) < 4.78 is 4.97. The molecule has 0 saturated carbocycles. The van der Waals surface area contributed by atoms with Crippen molar-refractivity contribution in [1.82, 2.24) is 9.97 Å². The third-order valence-electron chi connectivity index (χ3n) is 1.90. The fourth-order valence-electron chi connectivity index (χ4n) is 1.17. The molecule has 6 nitrogen and oxygen atoms in total. The number of ether oxygens (including phenoxy) is 1. The van der Waals surface area contributed by atoms with Crippen LogP contribution in [0.5, 0.6) is 11.5 Å². The van der Waals surface area contributed by atoms with Gasteiger partial charge in [0.15, 0.2) is 11.5 Å². The van der Waals surface area contributed by atoms with Gasteiger partial charge in [0.2, 0.25) is 0 Å². The summed E-state index contributed by atoms with van der Waals surface area (Å²) in [6, 6.07) is 5.91. The van der Waals surface area contributed by atoms with Crippen LogP contribution < -0.4 is 10.5 Å². The Morgan fingerprint density at radius 1 is 1.50 bits per heavy atom. The molecule has 1 heterocycles. The van der Waals surface area contributed by atoms with Gasteiger partial charge in [-0.3, -0.25) is 0 Å². The number of carbonyl (C=O) groups excluding carboxylic acids is 1. The summed E-state index contributed by atoms with van der Waals surface area (Å²) in [6.07, 6.45) is 1.30. The molecule has 0 fully saturated rings. The topological polar surface area (TPSA) is 101 Å². The minimum Gasteiger partial charge on any atom is -0.508 e. The molecule has 0 aliphatic carbocycles. The smallest absolute Gasteiger partial charge is 0.364 e. The number of nitrogen functional groups attached to an aromatic ring is 1. The fourth-order valence-corrected chi connectivity index (χ4v) is 1.17. The molecule has 0 bridgehead atoms. The summed E-state index contributed by atoms with van der Waals surface area (Å²) in [6.45, 7) is 0. The van der Waals surface area contributed by atoms with Crippen LogP contribution in [0.1, 0.15) is 10.5 Å². The van der Waals surface area contributed by atoms with Crippen LogP contribution >= 0.6 is 0 Å². The minimum absolute atomic E-state index is 0.0166. The average molecular weight is 219 g/mol. The second kappa shape index (κ2) is 3.93. The number of hydrogen-bond donors (Lipinski definition) is 3. The zero-order valence-electron chi connectivity index (χ0n) is 8.18. The highest BCUT2D eigenvalue weighted by Gasteiger charge is 2.14. The molecule has 0 amide bonds. The number of aromatic hydroxyl groups is 1. The van der Waals surface area contributed by atoms with E-state index in [1.807, 2.05) is 0 Å². The third kappa shape index (κ3) is 1.95. The maximum Gasteiger partial charge on any atom is 0.364 e. The monoisotopic (exact) mass is 219 g/mol. The number of phenols is 1. The number of imidazole rings is 1. The van der Waals surface area contributed by atoms with Crippen LogP contribution in [0.25, 0.3) is 0 Å². The van der Waals surface area contributed by atoms with Gasteiger partial charge in [0.05, 0.1) is 6.33 Å². The minimum atomic E-state index is -0.652. The highest BCUT2D eigenvalue weighted by molar-refractivity contribution is 5.93. The number of carbonyl (C=O) groups is 1. The van der Waals surface area contributed by atoms with Crippen molar-refractivity contribution in [3.63, 3.8) is 0 Å². The number of anilines is 1. The molecule has 0 aliphatic rings. The number of benzene rings is 1. The number of nitrogens with two attached hydrogens (primary N) is 1. The number of H-pyrrole nitrogens is 1. The largest absolute Gasteiger partial charge is 0.508 e. The lowest BCUT2D eigenvalue weighted by Gasteiger charge is -2.03. The number of phenolic OH excluding ortho intramolecular Hbond substituents is 1. The Morgan fingerprint density at radius 2 is 2.31 bits per heavy atom. The fraction of sp³-hybridized carbons (Fsp3) is 0. The van der Waals surface area contributed by atoms with Crippen LogP contribution in [0.15, 0.2) is 30.6 Å². The molecular formula is C10H9N3O3. The van der Waals surface area contributed by atoms with Gasteiger partial charge in [-0.15, -0.1) is 0 Å². The molecule has 0 spiro atoms. The Kier molecular flexibility index (Phi) is 2.47. The number of nitrogens with zero attached hydrogens (tertiary/aromatic N) is 1. The van der Waals surface area contributed by atoms with Crippen LogP contribution in [0, 0.1) is 0 Å². The van der Waals surface area contributed by atoms with E-state index in [0.29, 0.717) is 0 Å². The van der Waals surface area contributed by atoms with E-state index in [1.54, 1.807) is 12.1 Å². The standard InChI is InChI=1S/C10H9N3O3/c11-9-8(12-5-13-9)10(15)16-7-3-1-2-6(14)4-7/h1-5,14H,11H2,(H,12,13). The van der Waals surface area contributed by atoms with Crippen LogP contribution in [0.2, 0.25) is 0 Å². The maximum absolute atomic E-state index is 11.6. The van der Waals surface area contributed by atoms with E-state index >= 15 is 0 Å². The van der Waals surface area contributed by atoms with Gasteiger partial charge in [0.1, 0.15) is 11.5 Å². The molecule has 0 unspecified atom stereocenters. The number of nitrogens with one attached hydrogen (secondary N) is 1. The second-order valence-corrected chi connectivity index (χ2v) is 3.05. The van der Waals surface area contributed by atoms with E-state index < -0.39 is 5.97 Å². The number of aromatic amines is 1. The molecular weight excluding hydrogens is 210 g/mol. The average Bonchev–Trinajstić information content (AvgIpc) is 2.64. The van der Waals surface area contributed by atoms with Gasteiger partial charge in [0, 0.05) is 6.07 Å². The molecule has 0 atom stereocenters. The van der Waals surface area contributed by atoms with Crippen LogP contribution in [0.4, 0.5) is 5.82 Å². The van der Waals surface area contributed by atoms with Gasteiger partial charge in [-0.25, -0.2) is 9.78 Å². The van der Waals surface area contributed by atoms with Gasteiger partial charge in [-0.1, -0.05) is 6.07 Å². The van der Waals surface area contributed by atoms with Crippen molar-refractivity contribution in [2.45, 2.75) is 0 Å². The molecule has 16 heavy (non-hydrogen) atoms. The first kappa shape index (κ1) is 10.0. The molecule has 0 aliphatic heterocycles. The normalized spacial score (nSPS) is 10.0. The summed E-state index contributed by atoms with van der Waals surface area (Å²) in [7, 11) is 0. The predicted molar refractivity (Wildman–Crippen MR) is 56.1 cm³/mol. The quantitative estimate of drug-likeness (QED) is 0.515. The van der Waals surface area contributed by atoms with E-state index in [9.17, 15) is 9.90 Å². The van der Waals surface area contributed by atoms with E-state index in [4.69, 9.17) is 10.5 Å². The lowest BCUT2D eigenvalue weighted by molar-refractivity contribution is 0.0730. The first-order valence-electron chi connectivity index (χ1n) is 4.47. The highest BCUT2D eigenvalue weighted by atomic mass is 16.5. The van der Waals surface area contributed by atoms with Crippen molar-refractivity contribution in [2.75, 3.05) is 5.73 Å². The number of rotatable bonds is 2. The van der Waals surface area contributed by atoms with E-state index in [0.717, 1.165) is 0 Å². The van der Waals surface area contributed by atoms with Crippen LogP contribution in [0.3, 0.4) is 0 Å². The Hall–Kier alpha value is -2.50. The summed E-state index contributed by atoms with van der Waals surface area (Å²) in [4.78, 5) is 17.8. The van der Waals surface area contributed by atoms with Crippen molar-refractivity contribution in [3.8, 4) is 11.5 Å². The van der Waals surface area contributed by atoms with Crippen molar-refractivity contribution in [3.05, 3.63) is 36.3 Å². The van der Waals surface area contributed by atoms with Crippen molar-refractivity contribution in [1.29, 1.82) is 0 Å². The van der Waals surface area contributed by atoms with E-state index in [-0.39, 0.29) is 23.0 Å². The van der Waals surface area contributed by atoms with E-state index in [1.165, 1.54) is 18.5 Å². The Balaban J connectivity index is 2.17. The predicted octanol–water partition coefficient (Wildman–Crippen LogP) is 0.917. The first-order valence-corrected chi connectivity index (χ1v) is 4.47. The zero-order chi connectivity index (χ0) is 11.5. The third-order valence-corrected chi connectivity index (χ3v) is 1.90. The molecule has 82 valence electrons. The Morgan fingerprint density at radius 3 is 2.94 bits per heavy atom. The SMILES string of the molecule is Nc1nc[nH]c1C(=O)Oc1cccc(O)c1. The second-order valence-electron chi connectivity index (χ2n) is 3.05. The van der Waals surface area contributed by atoms with Gasteiger partial charge >= 0.3 is 5.97 Å². The molecule has 0 radical (unpaired) electrons. The summed E-state index contributed by atoms with van der Waals surface area (Å²) in [5.74, 6) is -0.326. The first-order chi connectivity index (χ1) is 7.66. The number of aromatic nitrogens is 2. The van der Waals surface area contributed by atoms with E-state index in [2.05, 4.69) is 9.97 Å². The Labute approximate surface area is 90.7 Å². The van der Waals surface area contributed by atoms with Crippen molar-refractivity contribution in [2.24, 2.45) is 0 Å². The number of esters is 1. The highest BCUT2D eigenvalue weighted by Crippen LogP contribution is 2.19. The van der Waals surface area contributed by atoms with Crippen molar-refractivity contribution < 1.29 is 14.6 Å². The van der Waals surface area contributed by atoms with Crippen LogP contribution in [-0.4, -0.2) is 21.0 Å². The Bertz CT molecular complexity index is 522. The lowest BCUT2D eigenvalue weighted by Crippen LogP contribution is -2.11. The van der Waals surface area contributed by atoms with Gasteiger partial charge in [-0.05, 0) is 12.1 Å². The molecule has 1 aromatic carbocycles. The molecule has 2 aromatic rings. The summed E-state index contributed by atoms with van der Waals surface area (Å²) in [5.41, 5.74) is 5.52. The van der Waals surface area contributed by atoms with Gasteiger partial charge < -0.3 is 20.6 Å². The molecule has 1 aromatic heterocycles. The van der Waals surface area contributed by atoms with Crippen LogP contribution in [-0.2, 0) is 0 Å². The van der Waals surface area contributed by atoms with Gasteiger partial charge in [0.25, 0.3) is 0 Å². The summed E-state index contributed by atoms with van der Waals surface area (Å²) in [5, 5.41) is 9.17. The molecule has 2 rings (SSSR count). The van der Waals surface area contributed by atoms with Crippen molar-refractivity contribution >= 4 is 11.8 Å².